The zero-order valence-corrected chi connectivity index (χ0v) is 16.2. The van der Waals surface area contributed by atoms with Crippen LogP contribution in [-0.4, -0.2) is 18.5 Å². The van der Waals surface area contributed by atoms with Gasteiger partial charge in [-0.25, -0.2) is 0 Å². The second-order valence-corrected chi connectivity index (χ2v) is 11.0. The van der Waals surface area contributed by atoms with E-state index in [-0.39, 0.29) is 10.8 Å². The maximum absolute atomic E-state index is 12.7. The first-order chi connectivity index (χ1) is 11.3. The normalized spacial score (nSPS) is 20.7. The Hall–Kier alpha value is -0.880. The maximum Gasteiger partial charge on any atom is 0.288 e. The summed E-state index contributed by atoms with van der Waals surface area (Å²) in [5.74, 6) is 0.614. The lowest BCUT2D eigenvalue weighted by molar-refractivity contribution is 0.598. The molecule has 128 valence electrons. The van der Waals surface area contributed by atoms with E-state index in [0.717, 1.165) is 10.5 Å². The summed E-state index contributed by atoms with van der Waals surface area (Å²) < 4.78 is 28.8. The van der Waals surface area contributed by atoms with Gasteiger partial charge in [0.25, 0.3) is 10.0 Å². The minimum absolute atomic E-state index is 0.0707. The summed E-state index contributed by atoms with van der Waals surface area (Å²) in [6, 6.07) is 16.2. The number of alkyl halides is 2. The first-order valence-electron chi connectivity index (χ1n) is 7.46. The fraction of sp³-hybridized carbons (Fsp3) is 0.294. The second kappa shape index (κ2) is 6.79. The van der Waals surface area contributed by atoms with Gasteiger partial charge in [-0.2, -0.15) is 8.42 Å². The summed E-state index contributed by atoms with van der Waals surface area (Å²) >= 11 is 12.2. The highest BCUT2D eigenvalue weighted by molar-refractivity contribution is 8.00. The van der Waals surface area contributed by atoms with Crippen LogP contribution in [0.5, 0.6) is 0 Å². The molecule has 1 saturated carbocycles. The molecule has 0 N–H and O–H groups in total. The fourth-order valence-corrected chi connectivity index (χ4v) is 6.78. The summed E-state index contributed by atoms with van der Waals surface area (Å²) in [5.41, 5.74) is 1.00. The van der Waals surface area contributed by atoms with Crippen LogP contribution < -0.4 is 0 Å². The average Bonchev–Trinajstić information content (AvgIpc) is 3.14. The zero-order valence-electron chi connectivity index (χ0n) is 13.0. The van der Waals surface area contributed by atoms with Crippen molar-refractivity contribution in [2.24, 2.45) is 9.69 Å². The number of benzene rings is 2. The van der Waals surface area contributed by atoms with Crippen LogP contribution in [-0.2, 0) is 20.7 Å². The molecule has 0 bridgehead atoms. The molecule has 0 saturated heterocycles. The molecule has 1 aliphatic carbocycles. The van der Waals surface area contributed by atoms with E-state index in [1.807, 2.05) is 37.3 Å². The Balaban J connectivity index is 1.98. The van der Waals surface area contributed by atoms with Gasteiger partial charge in [-0.1, -0.05) is 46.6 Å². The summed E-state index contributed by atoms with van der Waals surface area (Å²) in [6.07, 6.45) is 0.673. The molecular weight excluding hydrogens is 385 g/mol. The lowest BCUT2D eigenvalue weighted by Gasteiger charge is -2.09. The molecule has 0 heterocycles. The number of rotatable bonds is 5. The highest BCUT2D eigenvalue weighted by atomic mass is 35.5. The molecule has 0 aromatic heterocycles. The van der Waals surface area contributed by atoms with Crippen molar-refractivity contribution in [1.29, 1.82) is 0 Å². The van der Waals surface area contributed by atoms with E-state index in [4.69, 9.17) is 23.2 Å². The first kappa shape index (κ1) is 17.9. The molecule has 0 radical (unpaired) electrons. The standard InChI is InChI=1S/C17H17Cl2NO2S2/c1-13-7-9-16(10-8-13)24(21,22)20-23(12-14-11-17(14,18)19)15-5-3-2-4-6-15/h2-10,14H,11-12H2,1H3/t14-,23?/m0/s1. The number of aryl methyl sites for hydroxylation is 1. The van der Waals surface area contributed by atoms with Gasteiger partial charge in [0.05, 0.1) is 4.90 Å². The summed E-state index contributed by atoms with van der Waals surface area (Å²) in [5, 5.41) is 0. The minimum Gasteiger partial charge on any atom is -0.199 e. The predicted molar refractivity (Wildman–Crippen MR) is 100 cm³/mol. The van der Waals surface area contributed by atoms with E-state index < -0.39 is 25.0 Å². The summed E-state index contributed by atoms with van der Waals surface area (Å²) in [6.45, 7) is 1.91. The Labute approximate surface area is 155 Å². The molecule has 24 heavy (non-hydrogen) atoms. The molecule has 0 aliphatic heterocycles. The van der Waals surface area contributed by atoms with Crippen molar-refractivity contribution in [2.75, 3.05) is 5.75 Å². The molecule has 0 amide bonds. The van der Waals surface area contributed by atoms with Gasteiger partial charge < -0.3 is 0 Å². The molecule has 1 fully saturated rings. The quantitative estimate of drug-likeness (QED) is 0.679. The predicted octanol–water partition coefficient (Wildman–Crippen LogP) is 4.74. The van der Waals surface area contributed by atoms with Gasteiger partial charge in [0.15, 0.2) is 0 Å². The zero-order chi connectivity index (χ0) is 17.4. The molecule has 2 aromatic carbocycles. The third kappa shape index (κ3) is 4.20. The largest absolute Gasteiger partial charge is 0.288 e. The van der Waals surface area contributed by atoms with Crippen LogP contribution in [0, 0.1) is 12.8 Å². The third-order valence-corrected chi connectivity index (χ3v) is 8.67. The molecule has 1 aliphatic rings. The van der Waals surface area contributed by atoms with E-state index in [2.05, 4.69) is 3.77 Å². The van der Waals surface area contributed by atoms with Crippen molar-refractivity contribution in [3.05, 3.63) is 60.2 Å². The van der Waals surface area contributed by atoms with E-state index in [0.29, 0.717) is 12.2 Å². The maximum atomic E-state index is 12.7. The lowest BCUT2D eigenvalue weighted by atomic mass is 10.2. The molecule has 0 spiro atoms. The van der Waals surface area contributed by atoms with Crippen molar-refractivity contribution in [2.45, 2.75) is 27.5 Å². The Morgan fingerprint density at radius 1 is 1.12 bits per heavy atom. The lowest BCUT2D eigenvalue weighted by Crippen LogP contribution is -2.08. The Bertz CT molecular complexity index is 863. The van der Waals surface area contributed by atoms with Crippen molar-refractivity contribution < 1.29 is 8.42 Å². The molecule has 3 nitrogen and oxygen atoms in total. The molecule has 1 unspecified atom stereocenters. The second-order valence-electron chi connectivity index (χ2n) is 5.87. The fourth-order valence-electron chi connectivity index (χ4n) is 2.26. The molecular formula is C17H17Cl2NO2S2. The highest BCUT2D eigenvalue weighted by Gasteiger charge is 2.51. The van der Waals surface area contributed by atoms with Crippen molar-refractivity contribution in [1.82, 2.24) is 0 Å². The Kier molecular flexibility index (Phi) is 5.07. The third-order valence-electron chi connectivity index (χ3n) is 3.84. The van der Waals surface area contributed by atoms with E-state index in [9.17, 15) is 8.42 Å². The smallest absolute Gasteiger partial charge is 0.199 e. The van der Waals surface area contributed by atoms with Gasteiger partial charge in [0.2, 0.25) is 0 Å². The molecule has 2 aromatic rings. The molecule has 3 rings (SSSR count). The van der Waals surface area contributed by atoms with E-state index >= 15 is 0 Å². The Morgan fingerprint density at radius 3 is 2.25 bits per heavy atom. The van der Waals surface area contributed by atoms with Gasteiger partial charge >= 0.3 is 0 Å². The highest BCUT2D eigenvalue weighted by Crippen LogP contribution is 2.53. The monoisotopic (exact) mass is 401 g/mol. The van der Waals surface area contributed by atoms with Crippen molar-refractivity contribution >= 4 is 43.9 Å². The summed E-state index contributed by atoms with van der Waals surface area (Å²) in [4.78, 5) is 1.09. The average molecular weight is 402 g/mol. The van der Waals surface area contributed by atoms with Crippen LogP contribution in [0.4, 0.5) is 0 Å². The van der Waals surface area contributed by atoms with Crippen LogP contribution in [0.3, 0.4) is 0 Å². The number of hydrogen-bond donors (Lipinski definition) is 0. The minimum atomic E-state index is -3.73. The van der Waals surface area contributed by atoms with Crippen LogP contribution in [0.2, 0.25) is 0 Å². The number of hydrogen-bond acceptors (Lipinski definition) is 2. The van der Waals surface area contributed by atoms with Crippen molar-refractivity contribution in [3.63, 3.8) is 0 Å². The van der Waals surface area contributed by atoms with Crippen LogP contribution in [0.1, 0.15) is 12.0 Å². The topological polar surface area (TPSA) is 46.5 Å². The van der Waals surface area contributed by atoms with Gasteiger partial charge in [-0.05, 0) is 37.6 Å². The molecule has 7 heteroatoms. The van der Waals surface area contributed by atoms with Crippen LogP contribution in [0.15, 0.2) is 68.2 Å². The van der Waals surface area contributed by atoms with Crippen LogP contribution in [0.25, 0.3) is 0 Å². The van der Waals surface area contributed by atoms with Gasteiger partial charge in [-0.3, -0.25) is 0 Å². The van der Waals surface area contributed by atoms with Gasteiger partial charge in [-0.15, -0.1) is 27.0 Å². The Morgan fingerprint density at radius 2 is 1.71 bits per heavy atom. The van der Waals surface area contributed by atoms with Gasteiger partial charge in [0, 0.05) is 16.6 Å². The summed E-state index contributed by atoms with van der Waals surface area (Å²) in [7, 11) is -4.54. The van der Waals surface area contributed by atoms with Crippen molar-refractivity contribution in [3.8, 4) is 0 Å². The number of sulfonamides is 1. The van der Waals surface area contributed by atoms with E-state index in [1.165, 1.54) is 0 Å². The van der Waals surface area contributed by atoms with Crippen LogP contribution >= 0.6 is 23.2 Å². The molecule has 2 atom stereocenters. The van der Waals surface area contributed by atoms with E-state index in [1.54, 1.807) is 24.3 Å². The number of nitrogens with zero attached hydrogens (tertiary/aromatic N) is 1. The first-order valence-corrected chi connectivity index (χ1v) is 11.0. The van der Waals surface area contributed by atoms with Gasteiger partial charge in [0.1, 0.15) is 4.33 Å². The SMILES string of the molecule is Cc1ccc(S(=O)(=O)N=S(C[C@@H]2CC2(Cl)Cl)c2ccccc2)cc1. The number of halogens is 2.